The minimum absolute atomic E-state index is 0.270. The predicted molar refractivity (Wildman–Crippen MR) is 104 cm³/mol. The zero-order valence-corrected chi connectivity index (χ0v) is 15.2. The Morgan fingerprint density at radius 2 is 1.93 bits per heavy atom. The maximum absolute atomic E-state index is 14.0. The monoisotopic (exact) mass is 427 g/mol. The van der Waals surface area contributed by atoms with E-state index in [9.17, 15) is 14.0 Å². The standard InChI is InChI=1S/C19H11BrFN3O3/c20-11-5-7-13(15(21)9-11)17-8-6-12(27-17)10-22-24-18(25)14-3-1-2-4-16(14)23-19(24)26/h1-10H,(H,23,26). The molecule has 2 aromatic carbocycles. The van der Waals surface area contributed by atoms with Gasteiger partial charge in [0.05, 0.1) is 22.7 Å². The second-order valence-corrected chi connectivity index (χ2v) is 6.58. The molecule has 0 unspecified atom stereocenters. The van der Waals surface area contributed by atoms with Crippen LogP contribution in [-0.4, -0.2) is 15.9 Å². The molecular weight excluding hydrogens is 417 g/mol. The smallest absolute Gasteiger partial charge is 0.349 e. The molecule has 27 heavy (non-hydrogen) atoms. The summed E-state index contributed by atoms with van der Waals surface area (Å²) in [7, 11) is 0. The Morgan fingerprint density at radius 3 is 2.74 bits per heavy atom. The van der Waals surface area contributed by atoms with E-state index in [1.165, 1.54) is 12.3 Å². The van der Waals surface area contributed by atoms with Gasteiger partial charge in [0.1, 0.15) is 17.3 Å². The summed E-state index contributed by atoms with van der Waals surface area (Å²) in [4.78, 5) is 27.1. The number of hydrogen-bond donors (Lipinski definition) is 1. The molecular formula is C19H11BrFN3O3. The highest BCUT2D eigenvalue weighted by atomic mass is 79.9. The van der Waals surface area contributed by atoms with E-state index >= 15 is 0 Å². The number of rotatable bonds is 3. The van der Waals surface area contributed by atoms with Gasteiger partial charge in [0, 0.05) is 4.47 Å². The lowest BCUT2D eigenvalue weighted by Gasteiger charge is -2.00. The molecule has 0 aliphatic carbocycles. The van der Waals surface area contributed by atoms with Gasteiger partial charge in [-0.1, -0.05) is 28.1 Å². The van der Waals surface area contributed by atoms with Crippen LogP contribution in [0.1, 0.15) is 5.76 Å². The van der Waals surface area contributed by atoms with E-state index in [2.05, 4.69) is 26.0 Å². The van der Waals surface area contributed by atoms with Crippen molar-refractivity contribution in [1.82, 2.24) is 9.66 Å². The minimum Gasteiger partial charge on any atom is -0.455 e. The Hall–Kier alpha value is -3.26. The molecule has 0 saturated carbocycles. The number of hydrogen-bond acceptors (Lipinski definition) is 4. The number of furan rings is 1. The molecule has 2 heterocycles. The fraction of sp³-hybridized carbons (Fsp3) is 0. The first-order chi connectivity index (χ1) is 13.0. The molecule has 0 saturated heterocycles. The van der Waals surface area contributed by atoms with Gasteiger partial charge in [-0.05, 0) is 42.5 Å². The van der Waals surface area contributed by atoms with Gasteiger partial charge in [0.25, 0.3) is 5.56 Å². The molecule has 6 nitrogen and oxygen atoms in total. The Labute approximate surface area is 159 Å². The van der Waals surface area contributed by atoms with Gasteiger partial charge in [-0.3, -0.25) is 4.79 Å². The number of H-pyrrole nitrogens is 1. The molecule has 0 amide bonds. The third-order valence-corrected chi connectivity index (χ3v) is 4.40. The average Bonchev–Trinajstić information content (AvgIpc) is 3.10. The van der Waals surface area contributed by atoms with Crippen LogP contribution < -0.4 is 11.2 Å². The van der Waals surface area contributed by atoms with E-state index in [4.69, 9.17) is 4.42 Å². The zero-order valence-electron chi connectivity index (χ0n) is 13.6. The summed E-state index contributed by atoms with van der Waals surface area (Å²) in [6, 6.07) is 14.4. The molecule has 0 bridgehead atoms. The third-order valence-electron chi connectivity index (χ3n) is 3.91. The van der Waals surface area contributed by atoms with Gasteiger partial charge >= 0.3 is 5.69 Å². The van der Waals surface area contributed by atoms with Gasteiger partial charge in [0.2, 0.25) is 0 Å². The number of aromatic amines is 1. The van der Waals surface area contributed by atoms with Gasteiger partial charge in [-0.2, -0.15) is 5.10 Å². The summed E-state index contributed by atoms with van der Waals surface area (Å²) >= 11 is 3.20. The highest BCUT2D eigenvalue weighted by Crippen LogP contribution is 2.26. The van der Waals surface area contributed by atoms with E-state index in [-0.39, 0.29) is 5.76 Å². The van der Waals surface area contributed by atoms with Crippen LogP contribution in [-0.2, 0) is 0 Å². The Balaban J connectivity index is 1.70. The fourth-order valence-corrected chi connectivity index (χ4v) is 2.96. The van der Waals surface area contributed by atoms with Crippen molar-refractivity contribution in [2.24, 2.45) is 5.10 Å². The molecule has 0 aliphatic rings. The first kappa shape index (κ1) is 17.2. The first-order valence-electron chi connectivity index (χ1n) is 7.86. The Bertz CT molecular complexity index is 1300. The highest BCUT2D eigenvalue weighted by molar-refractivity contribution is 9.10. The van der Waals surface area contributed by atoms with Crippen molar-refractivity contribution < 1.29 is 8.81 Å². The number of para-hydroxylation sites is 1. The van der Waals surface area contributed by atoms with E-state index in [0.29, 0.717) is 31.4 Å². The van der Waals surface area contributed by atoms with Crippen molar-refractivity contribution in [3.63, 3.8) is 0 Å². The molecule has 0 fully saturated rings. The SMILES string of the molecule is O=c1[nH]c2ccccc2c(=O)n1N=Cc1ccc(-c2ccc(Br)cc2F)o1. The summed E-state index contributed by atoms with van der Waals surface area (Å²) in [5.41, 5.74) is -0.486. The van der Waals surface area contributed by atoms with Gasteiger partial charge in [-0.25, -0.2) is 9.18 Å². The normalized spacial score (nSPS) is 11.5. The lowest BCUT2D eigenvalue weighted by atomic mass is 10.1. The number of nitrogens with zero attached hydrogens (tertiary/aromatic N) is 2. The summed E-state index contributed by atoms with van der Waals surface area (Å²) in [5, 5.41) is 4.25. The number of nitrogens with one attached hydrogen (secondary N) is 1. The average molecular weight is 428 g/mol. The highest BCUT2D eigenvalue weighted by Gasteiger charge is 2.10. The lowest BCUT2D eigenvalue weighted by Crippen LogP contribution is -2.32. The van der Waals surface area contributed by atoms with Gasteiger partial charge in [-0.15, -0.1) is 4.68 Å². The molecule has 134 valence electrons. The Kier molecular flexibility index (Phi) is 4.33. The van der Waals surface area contributed by atoms with Crippen molar-refractivity contribution in [3.05, 3.63) is 91.5 Å². The fourth-order valence-electron chi connectivity index (χ4n) is 2.63. The molecule has 2 aromatic heterocycles. The third kappa shape index (κ3) is 3.26. The van der Waals surface area contributed by atoms with Crippen LogP contribution in [0.4, 0.5) is 4.39 Å². The second-order valence-electron chi connectivity index (χ2n) is 5.66. The van der Waals surface area contributed by atoms with Crippen LogP contribution in [0, 0.1) is 5.82 Å². The van der Waals surface area contributed by atoms with E-state index in [1.54, 1.807) is 48.5 Å². The maximum Gasteiger partial charge on any atom is 0.349 e. The molecule has 4 aromatic rings. The first-order valence-corrected chi connectivity index (χ1v) is 8.66. The van der Waals surface area contributed by atoms with Crippen molar-refractivity contribution in [2.75, 3.05) is 0 Å². The van der Waals surface area contributed by atoms with Crippen molar-refractivity contribution in [2.45, 2.75) is 0 Å². The summed E-state index contributed by atoms with van der Waals surface area (Å²) in [6.45, 7) is 0. The van der Waals surface area contributed by atoms with Crippen molar-refractivity contribution >= 4 is 33.0 Å². The number of aromatic nitrogens is 2. The van der Waals surface area contributed by atoms with Crippen LogP contribution in [0.3, 0.4) is 0 Å². The van der Waals surface area contributed by atoms with Crippen LogP contribution in [0.2, 0.25) is 0 Å². The molecule has 0 spiro atoms. The molecule has 0 radical (unpaired) electrons. The minimum atomic E-state index is -0.666. The second kappa shape index (κ2) is 6.81. The molecule has 8 heteroatoms. The molecule has 0 atom stereocenters. The number of benzene rings is 2. The molecule has 1 N–H and O–H groups in total. The van der Waals surface area contributed by atoms with E-state index < -0.39 is 17.1 Å². The van der Waals surface area contributed by atoms with Gasteiger partial charge in [0.15, 0.2) is 0 Å². The molecule has 4 rings (SSSR count). The summed E-state index contributed by atoms with van der Waals surface area (Å²) in [6.07, 6.45) is 1.23. The largest absolute Gasteiger partial charge is 0.455 e. The molecule has 0 aliphatic heterocycles. The van der Waals surface area contributed by atoms with E-state index in [1.807, 2.05) is 0 Å². The summed E-state index contributed by atoms with van der Waals surface area (Å²) < 4.78 is 20.9. The topological polar surface area (TPSA) is 80.4 Å². The quantitative estimate of drug-likeness (QED) is 0.505. The Morgan fingerprint density at radius 1 is 1.11 bits per heavy atom. The van der Waals surface area contributed by atoms with Crippen LogP contribution in [0.15, 0.2) is 78.2 Å². The van der Waals surface area contributed by atoms with Crippen LogP contribution >= 0.6 is 15.9 Å². The van der Waals surface area contributed by atoms with Crippen LogP contribution in [0.25, 0.3) is 22.2 Å². The van der Waals surface area contributed by atoms with Crippen LogP contribution in [0.5, 0.6) is 0 Å². The lowest BCUT2D eigenvalue weighted by molar-refractivity contribution is 0.562. The summed E-state index contributed by atoms with van der Waals surface area (Å²) in [5.74, 6) is 0.136. The predicted octanol–water partition coefficient (Wildman–Crippen LogP) is 3.73. The zero-order chi connectivity index (χ0) is 19.0. The maximum atomic E-state index is 14.0. The van der Waals surface area contributed by atoms with Crippen molar-refractivity contribution in [1.29, 1.82) is 0 Å². The van der Waals surface area contributed by atoms with Gasteiger partial charge < -0.3 is 9.40 Å². The number of halogens is 2. The number of fused-ring (bicyclic) bond motifs is 1. The van der Waals surface area contributed by atoms with Crippen molar-refractivity contribution in [3.8, 4) is 11.3 Å². The van der Waals surface area contributed by atoms with E-state index in [0.717, 1.165) is 0 Å².